The minimum absolute atomic E-state index is 0.332. The molecule has 0 saturated carbocycles. The molecule has 0 aliphatic carbocycles. The Morgan fingerprint density at radius 3 is 2.53 bits per heavy atom. The van der Waals surface area contributed by atoms with Gasteiger partial charge in [0.15, 0.2) is 0 Å². The van der Waals surface area contributed by atoms with Crippen LogP contribution in [0.15, 0.2) is 39.9 Å². The fourth-order valence-corrected chi connectivity index (χ4v) is 1.95. The van der Waals surface area contributed by atoms with Gasteiger partial charge in [-0.05, 0) is 11.6 Å². The van der Waals surface area contributed by atoms with Crippen molar-refractivity contribution in [3.63, 3.8) is 0 Å². The van der Waals surface area contributed by atoms with Crippen molar-refractivity contribution in [3.8, 4) is 0 Å². The van der Waals surface area contributed by atoms with Crippen LogP contribution in [0.25, 0.3) is 11.8 Å². The molecule has 6 heteroatoms. The topological polar surface area (TPSA) is 78.9 Å². The molecule has 96 valence electrons. The molecule has 0 spiro atoms. The maximum absolute atomic E-state index is 12.0. The first-order chi connectivity index (χ1) is 9.16. The van der Waals surface area contributed by atoms with Crippen LogP contribution in [0.5, 0.6) is 0 Å². The molecule has 1 aromatic carbocycles. The van der Waals surface area contributed by atoms with E-state index in [2.05, 4.69) is 15.8 Å². The Morgan fingerprint density at radius 1 is 1.05 bits per heavy atom. The lowest BCUT2D eigenvalue weighted by Gasteiger charge is -2.20. The first-order valence-corrected chi connectivity index (χ1v) is 5.79. The number of aromatic nitrogens is 2. The van der Waals surface area contributed by atoms with Gasteiger partial charge in [-0.2, -0.15) is 0 Å². The second-order valence-electron chi connectivity index (χ2n) is 4.26. The van der Waals surface area contributed by atoms with Gasteiger partial charge in [0, 0.05) is 7.05 Å². The van der Waals surface area contributed by atoms with Gasteiger partial charge in [0.1, 0.15) is 5.82 Å². The van der Waals surface area contributed by atoms with Crippen molar-refractivity contribution in [1.82, 2.24) is 15.0 Å². The first-order valence-electron chi connectivity index (χ1n) is 5.79. The summed E-state index contributed by atoms with van der Waals surface area (Å²) < 4.78 is 1.05. The number of aromatic amines is 1. The summed E-state index contributed by atoms with van der Waals surface area (Å²) in [6, 6.07) is 9.62. The minimum atomic E-state index is -0.449. The smallest absolute Gasteiger partial charge is 0.299 e. The predicted molar refractivity (Wildman–Crippen MR) is 73.4 cm³/mol. The fourth-order valence-electron chi connectivity index (χ4n) is 1.95. The van der Waals surface area contributed by atoms with Crippen molar-refractivity contribution < 1.29 is 0 Å². The summed E-state index contributed by atoms with van der Waals surface area (Å²) in [6.45, 7) is 0. The number of benzene rings is 1. The van der Waals surface area contributed by atoms with Gasteiger partial charge >= 0.3 is 5.69 Å². The zero-order valence-electron chi connectivity index (χ0n) is 10.2. The van der Waals surface area contributed by atoms with Crippen LogP contribution in [0.2, 0.25) is 0 Å². The maximum atomic E-state index is 12.0. The number of rotatable bonds is 1. The summed E-state index contributed by atoms with van der Waals surface area (Å²) in [4.78, 5) is 26.1. The zero-order chi connectivity index (χ0) is 13.4. The Kier molecular flexibility index (Phi) is 2.49. The number of nitrogens with zero attached hydrogens (tertiary/aromatic N) is 1. The van der Waals surface area contributed by atoms with Gasteiger partial charge in [0.2, 0.25) is 0 Å². The Balaban J connectivity index is 2.19. The molecule has 2 aromatic rings. The van der Waals surface area contributed by atoms with Crippen molar-refractivity contribution in [2.24, 2.45) is 7.05 Å². The lowest BCUT2D eigenvalue weighted by Crippen LogP contribution is -2.38. The molecule has 0 fully saturated rings. The van der Waals surface area contributed by atoms with Crippen LogP contribution in [0.4, 0.5) is 5.82 Å². The number of nitrogens with one attached hydrogen (secondary N) is 3. The van der Waals surface area contributed by atoms with E-state index < -0.39 is 5.69 Å². The van der Waals surface area contributed by atoms with E-state index in [0.29, 0.717) is 11.4 Å². The van der Waals surface area contributed by atoms with Crippen molar-refractivity contribution in [2.75, 3.05) is 5.43 Å². The highest BCUT2D eigenvalue weighted by Crippen LogP contribution is 2.20. The van der Waals surface area contributed by atoms with Crippen molar-refractivity contribution >= 4 is 17.6 Å². The molecule has 0 atom stereocenters. The normalized spacial score (nSPS) is 13.0. The highest BCUT2D eigenvalue weighted by Gasteiger charge is 2.16. The summed E-state index contributed by atoms with van der Waals surface area (Å²) in [5.41, 5.74) is 7.17. The summed E-state index contributed by atoms with van der Waals surface area (Å²) in [7, 11) is 1.44. The maximum Gasteiger partial charge on any atom is 0.329 e. The monoisotopic (exact) mass is 256 g/mol. The lowest BCUT2D eigenvalue weighted by molar-refractivity contribution is 0.769. The molecule has 1 aromatic heterocycles. The Bertz CT molecular complexity index is 771. The Morgan fingerprint density at radius 2 is 1.79 bits per heavy atom. The summed E-state index contributed by atoms with van der Waals surface area (Å²) in [6.07, 6.45) is 1.72. The lowest BCUT2D eigenvalue weighted by atomic mass is 10.1. The highest BCUT2D eigenvalue weighted by molar-refractivity contribution is 5.86. The molecule has 19 heavy (non-hydrogen) atoms. The van der Waals surface area contributed by atoms with Gasteiger partial charge < -0.3 is 0 Å². The average molecular weight is 256 g/mol. The molecule has 0 bridgehead atoms. The van der Waals surface area contributed by atoms with E-state index in [0.717, 1.165) is 15.8 Å². The van der Waals surface area contributed by atoms with Gasteiger partial charge in [-0.25, -0.2) is 4.79 Å². The second-order valence-corrected chi connectivity index (χ2v) is 4.26. The van der Waals surface area contributed by atoms with Crippen LogP contribution >= 0.6 is 0 Å². The molecule has 0 amide bonds. The summed E-state index contributed by atoms with van der Waals surface area (Å²) in [5, 5.41) is 0. The van der Waals surface area contributed by atoms with Crippen molar-refractivity contribution in [3.05, 3.63) is 62.3 Å². The van der Waals surface area contributed by atoms with Crippen LogP contribution in [0.1, 0.15) is 11.1 Å². The largest absolute Gasteiger partial charge is 0.329 e. The van der Waals surface area contributed by atoms with E-state index in [1.54, 1.807) is 6.08 Å². The molecule has 1 aliphatic rings. The molecule has 3 rings (SSSR count). The van der Waals surface area contributed by atoms with E-state index in [-0.39, 0.29) is 5.56 Å². The molecule has 2 heterocycles. The van der Waals surface area contributed by atoms with Crippen LogP contribution in [-0.2, 0) is 7.05 Å². The third-order valence-electron chi connectivity index (χ3n) is 3.04. The number of fused-ring (bicyclic) bond motifs is 1. The number of H-pyrrole nitrogens is 1. The summed E-state index contributed by atoms with van der Waals surface area (Å²) >= 11 is 0. The minimum Gasteiger partial charge on any atom is -0.299 e. The van der Waals surface area contributed by atoms with E-state index in [1.807, 2.05) is 30.3 Å². The fraction of sp³-hybridized carbons (Fsp3) is 0.0769. The molecule has 0 unspecified atom stereocenters. The van der Waals surface area contributed by atoms with E-state index in [9.17, 15) is 9.59 Å². The van der Waals surface area contributed by atoms with Crippen LogP contribution < -0.4 is 22.1 Å². The van der Waals surface area contributed by atoms with Crippen LogP contribution in [0, 0.1) is 0 Å². The van der Waals surface area contributed by atoms with Crippen molar-refractivity contribution in [2.45, 2.75) is 0 Å². The number of hydrazine groups is 1. The van der Waals surface area contributed by atoms with Gasteiger partial charge in [-0.1, -0.05) is 30.3 Å². The zero-order valence-corrected chi connectivity index (χ0v) is 10.2. The standard InChI is InChI=1S/C13H12N4O2/c1-17-12(18)9-7-10(8-5-3-2-4-6-8)15-16-11(9)14-13(17)19/h2-7,15-16H,1H3,(H,14,19). The second kappa shape index (κ2) is 4.16. The van der Waals surface area contributed by atoms with Crippen molar-refractivity contribution in [1.29, 1.82) is 0 Å². The molecular weight excluding hydrogens is 244 g/mol. The third kappa shape index (κ3) is 1.83. The number of hydrogen-bond donors (Lipinski definition) is 3. The Hall–Kier alpha value is -2.76. The third-order valence-corrected chi connectivity index (χ3v) is 3.04. The quantitative estimate of drug-likeness (QED) is 0.694. The van der Waals surface area contributed by atoms with Gasteiger partial charge in [0.25, 0.3) is 5.56 Å². The molecule has 6 nitrogen and oxygen atoms in total. The molecular formula is C13H12N4O2. The number of hydrogen-bond acceptors (Lipinski definition) is 4. The summed E-state index contributed by atoms with van der Waals surface area (Å²) in [5.74, 6) is 0.382. The average Bonchev–Trinajstić information content (AvgIpc) is 2.46. The molecule has 1 aliphatic heterocycles. The first kappa shape index (κ1) is 11.3. The highest BCUT2D eigenvalue weighted by atomic mass is 16.2. The molecule has 3 N–H and O–H groups in total. The van der Waals surface area contributed by atoms with Gasteiger partial charge in [-0.3, -0.25) is 25.2 Å². The predicted octanol–water partition coefficient (Wildman–Crippen LogP) is 0.502. The Labute approximate surface area is 108 Å². The van der Waals surface area contributed by atoms with E-state index in [4.69, 9.17) is 0 Å². The number of anilines is 1. The van der Waals surface area contributed by atoms with E-state index >= 15 is 0 Å². The SMILES string of the molecule is Cn1c(=O)[nH]c2c(c1=O)C=C(c1ccccc1)NN2. The van der Waals surface area contributed by atoms with Crippen LogP contribution in [-0.4, -0.2) is 9.55 Å². The molecule has 0 radical (unpaired) electrons. The van der Waals surface area contributed by atoms with Gasteiger partial charge in [0.05, 0.1) is 11.3 Å². The van der Waals surface area contributed by atoms with Gasteiger partial charge in [-0.15, -0.1) is 0 Å². The van der Waals surface area contributed by atoms with E-state index in [1.165, 1.54) is 7.05 Å². The molecule has 0 saturated heterocycles. The van der Waals surface area contributed by atoms with Crippen LogP contribution in [0.3, 0.4) is 0 Å².